The SMILES string of the molecule is COc1cc(/C=C/C(=O)N2CCC(CC(=O)N3CCCC3)CC2)cc(OC)c1OC.O=C(O)/C=C\C(=O)O. The number of carbonyl (C=O) groups is 4. The van der Waals surface area contributed by atoms with Gasteiger partial charge < -0.3 is 34.2 Å². The molecule has 11 nitrogen and oxygen atoms in total. The molecular formula is C27H36N2O9. The monoisotopic (exact) mass is 532 g/mol. The fraction of sp³-hybridized carbons (Fsp3) is 0.481. The second-order valence-corrected chi connectivity index (χ2v) is 8.86. The number of amides is 2. The minimum Gasteiger partial charge on any atom is -0.493 e. The van der Waals surface area contributed by atoms with Crippen molar-refractivity contribution in [3.63, 3.8) is 0 Å². The van der Waals surface area contributed by atoms with E-state index < -0.39 is 11.9 Å². The van der Waals surface area contributed by atoms with Crippen molar-refractivity contribution in [3.8, 4) is 17.2 Å². The van der Waals surface area contributed by atoms with Gasteiger partial charge in [-0.2, -0.15) is 0 Å². The van der Waals surface area contributed by atoms with E-state index in [1.54, 1.807) is 45.6 Å². The van der Waals surface area contributed by atoms with Gasteiger partial charge in [0, 0.05) is 50.8 Å². The van der Waals surface area contributed by atoms with Crippen LogP contribution >= 0.6 is 0 Å². The van der Waals surface area contributed by atoms with E-state index in [1.807, 2.05) is 9.80 Å². The molecule has 2 N–H and O–H groups in total. The van der Waals surface area contributed by atoms with Crippen molar-refractivity contribution in [2.75, 3.05) is 47.5 Å². The number of hydrogen-bond donors (Lipinski definition) is 2. The summed E-state index contributed by atoms with van der Waals surface area (Å²) >= 11 is 0. The van der Waals surface area contributed by atoms with Crippen molar-refractivity contribution in [1.82, 2.24) is 9.80 Å². The summed E-state index contributed by atoms with van der Waals surface area (Å²) in [6.45, 7) is 3.19. The van der Waals surface area contributed by atoms with E-state index in [0.29, 0.717) is 54.8 Å². The zero-order chi connectivity index (χ0) is 28.1. The van der Waals surface area contributed by atoms with Crippen molar-refractivity contribution < 1.29 is 43.6 Å². The van der Waals surface area contributed by atoms with Crippen LogP contribution in [0.1, 0.15) is 37.7 Å². The third-order valence-electron chi connectivity index (χ3n) is 6.32. The lowest BCUT2D eigenvalue weighted by Crippen LogP contribution is -2.39. The first-order chi connectivity index (χ1) is 18.2. The fourth-order valence-electron chi connectivity index (χ4n) is 4.31. The van der Waals surface area contributed by atoms with E-state index >= 15 is 0 Å². The van der Waals surface area contributed by atoms with E-state index in [1.165, 1.54) is 0 Å². The van der Waals surface area contributed by atoms with Crippen LogP contribution in [-0.4, -0.2) is 91.3 Å². The van der Waals surface area contributed by atoms with Gasteiger partial charge in [-0.05, 0) is 55.4 Å². The first-order valence-electron chi connectivity index (χ1n) is 12.4. The second-order valence-electron chi connectivity index (χ2n) is 8.86. The first-order valence-corrected chi connectivity index (χ1v) is 12.4. The molecule has 0 atom stereocenters. The maximum atomic E-state index is 12.6. The van der Waals surface area contributed by atoms with Crippen LogP contribution in [0.3, 0.4) is 0 Å². The average molecular weight is 533 g/mol. The number of carbonyl (C=O) groups excluding carboxylic acids is 2. The molecule has 2 aliphatic heterocycles. The molecule has 0 aromatic heterocycles. The molecule has 0 spiro atoms. The largest absolute Gasteiger partial charge is 0.493 e. The van der Waals surface area contributed by atoms with Crippen LogP contribution < -0.4 is 14.2 Å². The highest BCUT2D eigenvalue weighted by Crippen LogP contribution is 2.38. The number of hydrogen-bond acceptors (Lipinski definition) is 7. The Bertz CT molecular complexity index is 996. The molecule has 2 fully saturated rings. The van der Waals surface area contributed by atoms with Crippen LogP contribution in [0, 0.1) is 5.92 Å². The Balaban J connectivity index is 0.000000550. The van der Waals surface area contributed by atoms with Crippen LogP contribution in [0.5, 0.6) is 17.2 Å². The van der Waals surface area contributed by atoms with Gasteiger partial charge in [0.15, 0.2) is 11.5 Å². The van der Waals surface area contributed by atoms with Gasteiger partial charge in [-0.3, -0.25) is 9.59 Å². The van der Waals surface area contributed by atoms with Gasteiger partial charge in [0.2, 0.25) is 17.6 Å². The molecule has 2 aliphatic rings. The van der Waals surface area contributed by atoms with Crippen molar-refractivity contribution >= 4 is 29.8 Å². The van der Waals surface area contributed by atoms with Gasteiger partial charge in [0.25, 0.3) is 0 Å². The summed E-state index contributed by atoms with van der Waals surface area (Å²) in [6.07, 6.45) is 9.07. The van der Waals surface area contributed by atoms with Crippen LogP contribution in [0.25, 0.3) is 6.08 Å². The number of benzene rings is 1. The molecule has 2 saturated heterocycles. The zero-order valence-corrected chi connectivity index (χ0v) is 22.1. The van der Waals surface area contributed by atoms with Crippen molar-refractivity contribution in [1.29, 1.82) is 0 Å². The highest BCUT2D eigenvalue weighted by Gasteiger charge is 2.26. The minimum absolute atomic E-state index is 0.0203. The summed E-state index contributed by atoms with van der Waals surface area (Å²) in [7, 11) is 4.69. The Morgan fingerprint density at radius 2 is 1.34 bits per heavy atom. The number of rotatable bonds is 9. The van der Waals surface area contributed by atoms with Crippen LogP contribution in [0.2, 0.25) is 0 Å². The maximum Gasteiger partial charge on any atom is 0.328 e. The smallest absolute Gasteiger partial charge is 0.328 e. The lowest BCUT2D eigenvalue weighted by molar-refractivity contribution is -0.134. The molecule has 11 heteroatoms. The number of carboxylic acid groups (broad SMARTS) is 2. The third-order valence-corrected chi connectivity index (χ3v) is 6.32. The van der Waals surface area contributed by atoms with E-state index in [2.05, 4.69) is 0 Å². The molecule has 0 unspecified atom stereocenters. The van der Waals surface area contributed by atoms with Crippen molar-refractivity contribution in [2.45, 2.75) is 32.1 Å². The highest BCUT2D eigenvalue weighted by molar-refractivity contribution is 5.92. The number of nitrogens with zero attached hydrogens (tertiary/aromatic N) is 2. The third kappa shape index (κ3) is 9.45. The molecular weight excluding hydrogens is 496 g/mol. The number of carboxylic acids is 2. The normalized spacial score (nSPS) is 15.8. The summed E-state index contributed by atoms with van der Waals surface area (Å²) < 4.78 is 16.0. The minimum atomic E-state index is -1.26. The molecule has 0 saturated carbocycles. The van der Waals surface area contributed by atoms with Gasteiger partial charge in [-0.25, -0.2) is 9.59 Å². The van der Waals surface area contributed by atoms with E-state index in [-0.39, 0.29) is 11.8 Å². The quantitative estimate of drug-likeness (QED) is 0.459. The predicted octanol–water partition coefficient (Wildman–Crippen LogP) is 2.69. The van der Waals surface area contributed by atoms with Gasteiger partial charge in [0.1, 0.15) is 0 Å². The predicted molar refractivity (Wildman–Crippen MR) is 139 cm³/mol. The Labute approximate surface area is 222 Å². The van der Waals surface area contributed by atoms with Crippen molar-refractivity contribution in [2.24, 2.45) is 5.92 Å². The average Bonchev–Trinajstić information content (AvgIpc) is 3.46. The number of methoxy groups -OCH3 is 3. The van der Waals surface area contributed by atoms with Crippen LogP contribution in [0.4, 0.5) is 0 Å². The number of ether oxygens (including phenoxy) is 3. The summed E-state index contributed by atoms with van der Waals surface area (Å²) in [5.74, 6) is -0.262. The lowest BCUT2D eigenvalue weighted by Gasteiger charge is -2.31. The number of aliphatic carboxylic acids is 2. The van der Waals surface area contributed by atoms with E-state index in [0.717, 1.165) is 44.3 Å². The molecule has 1 aromatic carbocycles. The molecule has 0 bridgehead atoms. The van der Waals surface area contributed by atoms with Crippen LogP contribution in [-0.2, 0) is 19.2 Å². The Morgan fingerprint density at radius 1 is 0.816 bits per heavy atom. The molecule has 208 valence electrons. The van der Waals surface area contributed by atoms with E-state index in [4.69, 9.17) is 24.4 Å². The lowest BCUT2D eigenvalue weighted by atomic mass is 9.93. The number of piperidine rings is 1. The maximum absolute atomic E-state index is 12.6. The van der Waals surface area contributed by atoms with E-state index in [9.17, 15) is 19.2 Å². The van der Waals surface area contributed by atoms with Gasteiger partial charge in [-0.15, -0.1) is 0 Å². The van der Waals surface area contributed by atoms with Gasteiger partial charge >= 0.3 is 11.9 Å². The Hall–Kier alpha value is -4.02. The highest BCUT2D eigenvalue weighted by atomic mass is 16.5. The molecule has 0 aliphatic carbocycles. The molecule has 2 amide bonds. The standard InChI is InChI=1S/C23H32N2O5.C4H4O4/c1-28-19-14-18(15-20(29-2)23(19)30-3)6-7-21(26)25-12-8-17(9-13-25)16-22(27)24-10-4-5-11-24;5-3(6)1-2-4(7)8/h6-7,14-15,17H,4-5,8-13,16H2,1-3H3;1-2H,(H,5,6)(H,7,8)/b7-6+;2-1-. The van der Waals surface area contributed by atoms with Gasteiger partial charge in [0.05, 0.1) is 21.3 Å². The molecule has 1 aromatic rings. The summed E-state index contributed by atoms with van der Waals surface area (Å²) in [6, 6.07) is 3.61. The summed E-state index contributed by atoms with van der Waals surface area (Å²) in [5.41, 5.74) is 0.795. The van der Waals surface area contributed by atoms with Crippen LogP contribution in [0.15, 0.2) is 30.4 Å². The first kappa shape index (κ1) is 30.2. The van der Waals surface area contributed by atoms with Crippen molar-refractivity contribution in [3.05, 3.63) is 35.9 Å². The molecule has 38 heavy (non-hydrogen) atoms. The molecule has 3 rings (SSSR count). The number of likely N-dealkylation sites (tertiary alicyclic amines) is 2. The Kier molecular flexibility index (Phi) is 12.1. The molecule has 2 heterocycles. The second kappa shape index (κ2) is 15.3. The summed E-state index contributed by atoms with van der Waals surface area (Å²) in [4.78, 5) is 47.9. The summed E-state index contributed by atoms with van der Waals surface area (Å²) in [5, 5.41) is 15.6. The topological polar surface area (TPSA) is 143 Å². The zero-order valence-electron chi connectivity index (χ0n) is 22.1. The Morgan fingerprint density at radius 3 is 1.79 bits per heavy atom. The molecule has 0 radical (unpaired) electrons. The fourth-order valence-corrected chi connectivity index (χ4v) is 4.31. The van der Waals surface area contributed by atoms with Gasteiger partial charge in [-0.1, -0.05) is 0 Å².